The van der Waals surface area contributed by atoms with E-state index in [9.17, 15) is 0 Å². The van der Waals surface area contributed by atoms with Crippen molar-refractivity contribution in [2.75, 3.05) is 6.54 Å². The van der Waals surface area contributed by atoms with Gasteiger partial charge in [0, 0.05) is 25.8 Å². The van der Waals surface area contributed by atoms with E-state index in [2.05, 4.69) is 53.3 Å². The summed E-state index contributed by atoms with van der Waals surface area (Å²) in [4.78, 5) is 2.64. The van der Waals surface area contributed by atoms with Crippen LogP contribution in [0.3, 0.4) is 0 Å². The van der Waals surface area contributed by atoms with Crippen molar-refractivity contribution in [2.45, 2.75) is 39.2 Å². The Morgan fingerprint density at radius 3 is 2.67 bits per heavy atom. The second-order valence-electron chi connectivity index (χ2n) is 5.12. The lowest BCUT2D eigenvalue weighted by Gasteiger charge is -2.16. The summed E-state index contributed by atoms with van der Waals surface area (Å²) in [7, 11) is 0. The molecule has 2 aromatic rings. The molecule has 0 radical (unpaired) electrons. The number of halogens is 2. The van der Waals surface area contributed by atoms with Crippen LogP contribution in [0.4, 0.5) is 0 Å². The highest BCUT2D eigenvalue weighted by Gasteiger charge is 2.14. The summed E-state index contributed by atoms with van der Waals surface area (Å²) < 4.78 is 1.02. The van der Waals surface area contributed by atoms with E-state index in [0.29, 0.717) is 6.04 Å². The number of hydrogen-bond donors (Lipinski definition) is 1. The van der Waals surface area contributed by atoms with Crippen LogP contribution in [0.1, 0.15) is 44.0 Å². The van der Waals surface area contributed by atoms with Gasteiger partial charge >= 0.3 is 0 Å². The Morgan fingerprint density at radius 1 is 1.19 bits per heavy atom. The molecular weight excluding hydrogens is 366 g/mol. The van der Waals surface area contributed by atoms with Gasteiger partial charge in [0.05, 0.1) is 5.02 Å². The Balaban J connectivity index is 2.22. The summed E-state index contributed by atoms with van der Waals surface area (Å²) >= 11 is 11.7. The van der Waals surface area contributed by atoms with Gasteiger partial charge in [-0.2, -0.15) is 0 Å². The lowest BCUT2D eigenvalue weighted by atomic mass is 10.1. The minimum absolute atomic E-state index is 0.461. The molecule has 0 aliphatic heterocycles. The summed E-state index contributed by atoms with van der Waals surface area (Å²) in [5, 5.41) is 4.44. The van der Waals surface area contributed by atoms with Crippen LogP contribution in [0.2, 0.25) is 5.02 Å². The third-order valence-corrected chi connectivity index (χ3v) is 5.42. The highest BCUT2D eigenvalue weighted by Crippen LogP contribution is 2.37. The van der Waals surface area contributed by atoms with E-state index in [0.717, 1.165) is 28.0 Å². The first kappa shape index (κ1) is 17.0. The van der Waals surface area contributed by atoms with E-state index in [1.165, 1.54) is 22.6 Å². The first-order valence-electron chi connectivity index (χ1n) is 7.44. The molecule has 2 rings (SSSR count). The van der Waals surface area contributed by atoms with Gasteiger partial charge in [-0.1, -0.05) is 53.9 Å². The minimum Gasteiger partial charge on any atom is -0.309 e. The molecule has 0 fully saturated rings. The average Bonchev–Trinajstić information content (AvgIpc) is 2.93. The van der Waals surface area contributed by atoms with Gasteiger partial charge in [0.1, 0.15) is 0 Å². The number of rotatable bonds is 7. The zero-order valence-electron chi connectivity index (χ0n) is 12.5. The Morgan fingerprint density at radius 2 is 2.00 bits per heavy atom. The number of thiophene rings is 1. The molecule has 1 atom stereocenters. The normalized spacial score (nSPS) is 12.6. The zero-order chi connectivity index (χ0) is 15.2. The molecule has 1 N–H and O–H groups in total. The van der Waals surface area contributed by atoms with E-state index in [1.807, 2.05) is 23.5 Å². The quantitative estimate of drug-likeness (QED) is 0.560. The van der Waals surface area contributed by atoms with Crippen molar-refractivity contribution in [1.29, 1.82) is 0 Å². The molecule has 1 aromatic heterocycles. The molecule has 0 bridgehead atoms. The molecule has 0 aliphatic carbocycles. The Hall–Kier alpha value is -0.350. The molecule has 0 spiro atoms. The first-order chi connectivity index (χ1) is 10.2. The summed E-state index contributed by atoms with van der Waals surface area (Å²) in [6.45, 7) is 5.51. The molecular formula is C17H21BrClNS. The average molecular weight is 387 g/mol. The lowest BCUT2D eigenvalue weighted by molar-refractivity contribution is 0.501. The van der Waals surface area contributed by atoms with E-state index in [1.54, 1.807) is 0 Å². The molecule has 21 heavy (non-hydrogen) atoms. The standard InChI is InChI=1S/C17H21BrClNS/c1-3-5-15(20-10-4-2)17-9-8-16(21-17)13-7-6-12(18)11-14(13)19/h6-9,11,15,20H,3-5,10H2,1-2H3. The molecule has 114 valence electrons. The fourth-order valence-electron chi connectivity index (χ4n) is 2.33. The van der Waals surface area contributed by atoms with Gasteiger partial charge in [-0.05, 0) is 43.7 Å². The lowest BCUT2D eigenvalue weighted by Crippen LogP contribution is -2.21. The maximum atomic E-state index is 6.36. The zero-order valence-corrected chi connectivity index (χ0v) is 15.6. The van der Waals surface area contributed by atoms with Crippen LogP contribution in [-0.4, -0.2) is 6.54 Å². The minimum atomic E-state index is 0.461. The van der Waals surface area contributed by atoms with Gasteiger partial charge in [0.25, 0.3) is 0 Å². The smallest absolute Gasteiger partial charge is 0.0503 e. The largest absolute Gasteiger partial charge is 0.309 e. The Labute approximate surface area is 144 Å². The molecule has 1 unspecified atom stereocenters. The van der Waals surface area contributed by atoms with Crippen molar-refractivity contribution in [3.63, 3.8) is 0 Å². The number of hydrogen-bond acceptors (Lipinski definition) is 2. The van der Waals surface area contributed by atoms with Crippen molar-refractivity contribution in [3.8, 4) is 10.4 Å². The predicted molar refractivity (Wildman–Crippen MR) is 98.4 cm³/mol. The van der Waals surface area contributed by atoms with Crippen molar-refractivity contribution < 1.29 is 0 Å². The van der Waals surface area contributed by atoms with E-state index < -0.39 is 0 Å². The third kappa shape index (κ3) is 4.56. The maximum Gasteiger partial charge on any atom is 0.0503 e. The van der Waals surface area contributed by atoms with Crippen LogP contribution in [-0.2, 0) is 0 Å². The number of nitrogens with one attached hydrogen (secondary N) is 1. The topological polar surface area (TPSA) is 12.0 Å². The SMILES string of the molecule is CCCNC(CCC)c1ccc(-c2ccc(Br)cc2Cl)s1. The van der Waals surface area contributed by atoms with Gasteiger partial charge in [-0.25, -0.2) is 0 Å². The summed E-state index contributed by atoms with van der Waals surface area (Å²) in [5.74, 6) is 0. The molecule has 1 aromatic carbocycles. The van der Waals surface area contributed by atoms with Crippen LogP contribution in [0.5, 0.6) is 0 Å². The monoisotopic (exact) mass is 385 g/mol. The van der Waals surface area contributed by atoms with E-state index in [4.69, 9.17) is 11.6 Å². The van der Waals surface area contributed by atoms with Crippen LogP contribution in [0, 0.1) is 0 Å². The molecule has 0 aliphatic rings. The Bertz CT molecular complexity index is 582. The molecule has 1 nitrogen and oxygen atoms in total. The molecule has 1 heterocycles. The molecule has 0 saturated heterocycles. The molecule has 4 heteroatoms. The fourth-order valence-corrected chi connectivity index (χ4v) is 4.32. The van der Waals surface area contributed by atoms with Gasteiger partial charge < -0.3 is 5.32 Å². The van der Waals surface area contributed by atoms with Gasteiger partial charge in [-0.3, -0.25) is 0 Å². The van der Waals surface area contributed by atoms with Crippen molar-refractivity contribution in [2.24, 2.45) is 0 Å². The van der Waals surface area contributed by atoms with Crippen LogP contribution in [0.15, 0.2) is 34.8 Å². The summed E-state index contributed by atoms with van der Waals surface area (Å²) in [6.07, 6.45) is 3.53. The molecule has 0 amide bonds. The van der Waals surface area contributed by atoms with Gasteiger partial charge in [0.2, 0.25) is 0 Å². The van der Waals surface area contributed by atoms with Crippen molar-refractivity contribution in [1.82, 2.24) is 5.32 Å². The van der Waals surface area contributed by atoms with Crippen LogP contribution >= 0.6 is 38.9 Å². The number of benzene rings is 1. The van der Waals surface area contributed by atoms with Crippen molar-refractivity contribution >= 4 is 38.9 Å². The summed E-state index contributed by atoms with van der Waals surface area (Å²) in [5.41, 5.74) is 1.11. The van der Waals surface area contributed by atoms with Gasteiger partial charge in [0.15, 0.2) is 0 Å². The highest BCUT2D eigenvalue weighted by molar-refractivity contribution is 9.10. The third-order valence-electron chi connectivity index (χ3n) is 3.38. The second kappa shape index (κ2) is 8.33. The Kier molecular flexibility index (Phi) is 6.74. The van der Waals surface area contributed by atoms with Crippen molar-refractivity contribution in [3.05, 3.63) is 44.7 Å². The first-order valence-corrected chi connectivity index (χ1v) is 9.43. The summed E-state index contributed by atoms with van der Waals surface area (Å²) in [6, 6.07) is 11.0. The molecule has 0 saturated carbocycles. The van der Waals surface area contributed by atoms with Crippen LogP contribution < -0.4 is 5.32 Å². The maximum absolute atomic E-state index is 6.36. The predicted octanol–water partition coefficient (Wildman–Crippen LogP) is 6.67. The fraction of sp³-hybridized carbons (Fsp3) is 0.412. The van der Waals surface area contributed by atoms with E-state index >= 15 is 0 Å². The van der Waals surface area contributed by atoms with Gasteiger partial charge in [-0.15, -0.1) is 11.3 Å². The van der Waals surface area contributed by atoms with Crippen LogP contribution in [0.25, 0.3) is 10.4 Å². The van der Waals surface area contributed by atoms with E-state index in [-0.39, 0.29) is 0 Å². The second-order valence-corrected chi connectivity index (χ2v) is 7.56. The highest BCUT2D eigenvalue weighted by atomic mass is 79.9.